The molecule has 0 fully saturated rings. The van der Waals surface area contributed by atoms with Gasteiger partial charge >= 0.3 is 0 Å². The first kappa shape index (κ1) is 19.0. The van der Waals surface area contributed by atoms with Gasteiger partial charge in [0, 0.05) is 29.8 Å². The molecule has 0 bridgehead atoms. The number of ether oxygens (including phenoxy) is 2. The summed E-state index contributed by atoms with van der Waals surface area (Å²) in [6.07, 6.45) is 0.193. The minimum atomic E-state index is -0.363. The van der Waals surface area contributed by atoms with Crippen molar-refractivity contribution in [3.05, 3.63) is 64.7 Å². The fourth-order valence-corrected chi connectivity index (χ4v) is 3.94. The molecule has 7 heteroatoms. The molecule has 0 radical (unpaired) electrons. The summed E-state index contributed by atoms with van der Waals surface area (Å²) in [5.74, 6) is 0.214. The lowest BCUT2D eigenvalue weighted by Crippen LogP contribution is -2.24. The van der Waals surface area contributed by atoms with Crippen LogP contribution in [0.5, 0.6) is 11.5 Å². The summed E-state index contributed by atoms with van der Waals surface area (Å²) in [7, 11) is 3.10. The molecule has 1 aliphatic rings. The van der Waals surface area contributed by atoms with Crippen molar-refractivity contribution < 1.29 is 18.7 Å². The molecule has 1 amide bonds. The number of halogens is 1. The molecule has 150 valence electrons. The van der Waals surface area contributed by atoms with Gasteiger partial charge in [0.2, 0.25) is 5.91 Å². The van der Waals surface area contributed by atoms with Crippen LogP contribution in [0.4, 0.5) is 10.1 Å². The molecule has 2 aromatic carbocycles. The Morgan fingerprint density at radius 2 is 1.79 bits per heavy atom. The molecule has 1 atom stereocenters. The molecule has 1 aromatic heterocycles. The van der Waals surface area contributed by atoms with Crippen LogP contribution < -0.4 is 14.8 Å². The number of carbonyl (C=O) groups excluding carboxylic acids is 1. The highest BCUT2D eigenvalue weighted by Crippen LogP contribution is 2.44. The molecular formula is C22H22FN3O3. The number of nitrogens with zero attached hydrogens (tertiary/aromatic N) is 2. The van der Waals surface area contributed by atoms with Crippen LogP contribution in [0.3, 0.4) is 0 Å². The smallest absolute Gasteiger partial charge is 0.225 e. The highest BCUT2D eigenvalue weighted by molar-refractivity contribution is 5.96. The van der Waals surface area contributed by atoms with Gasteiger partial charge in [-0.1, -0.05) is 0 Å². The van der Waals surface area contributed by atoms with Gasteiger partial charge in [-0.15, -0.1) is 0 Å². The number of methoxy groups -OCH3 is 2. The van der Waals surface area contributed by atoms with Crippen molar-refractivity contribution in [1.29, 1.82) is 0 Å². The van der Waals surface area contributed by atoms with Gasteiger partial charge in [-0.3, -0.25) is 4.79 Å². The molecule has 0 spiro atoms. The fourth-order valence-electron chi connectivity index (χ4n) is 3.94. The molecule has 0 saturated heterocycles. The first-order valence-corrected chi connectivity index (χ1v) is 9.30. The van der Waals surface area contributed by atoms with Crippen LogP contribution >= 0.6 is 0 Å². The zero-order valence-electron chi connectivity index (χ0n) is 16.7. The number of amides is 1. The summed E-state index contributed by atoms with van der Waals surface area (Å²) >= 11 is 0. The van der Waals surface area contributed by atoms with Gasteiger partial charge in [0.15, 0.2) is 11.5 Å². The van der Waals surface area contributed by atoms with E-state index in [2.05, 4.69) is 10.4 Å². The highest BCUT2D eigenvalue weighted by Gasteiger charge is 2.31. The number of aromatic nitrogens is 2. The summed E-state index contributed by atoms with van der Waals surface area (Å²) in [6, 6.07) is 10.1. The first-order valence-electron chi connectivity index (χ1n) is 9.30. The number of hydrogen-bond donors (Lipinski definition) is 1. The lowest BCUT2D eigenvalue weighted by molar-refractivity contribution is -0.116. The predicted octanol–water partition coefficient (Wildman–Crippen LogP) is 4.12. The largest absolute Gasteiger partial charge is 0.493 e. The van der Waals surface area contributed by atoms with Gasteiger partial charge in [0.1, 0.15) is 5.82 Å². The third kappa shape index (κ3) is 3.33. The van der Waals surface area contributed by atoms with E-state index in [1.54, 1.807) is 31.0 Å². The SMILES string of the molecule is COc1cc2c(cc1OC)C(c1cc(F)ccc1-n1nc(C)cc1C)CC(=O)N2. The van der Waals surface area contributed by atoms with Gasteiger partial charge < -0.3 is 14.8 Å². The molecule has 1 N–H and O–H groups in total. The highest BCUT2D eigenvalue weighted by atomic mass is 19.1. The molecule has 1 unspecified atom stereocenters. The Kier molecular flexibility index (Phi) is 4.74. The molecule has 4 rings (SSSR count). The van der Waals surface area contributed by atoms with Gasteiger partial charge in [0.25, 0.3) is 0 Å². The number of aryl methyl sites for hydroxylation is 2. The topological polar surface area (TPSA) is 65.4 Å². The average molecular weight is 395 g/mol. The molecule has 0 aliphatic carbocycles. The van der Waals surface area contributed by atoms with Crippen LogP contribution in [0.25, 0.3) is 5.69 Å². The number of anilines is 1. The number of carbonyl (C=O) groups is 1. The summed E-state index contributed by atoms with van der Waals surface area (Å²) in [6.45, 7) is 3.86. The average Bonchev–Trinajstić information content (AvgIpc) is 3.04. The Hall–Kier alpha value is -3.35. The Morgan fingerprint density at radius 3 is 2.45 bits per heavy atom. The number of nitrogens with one attached hydrogen (secondary N) is 1. The Balaban J connectivity index is 1.94. The summed E-state index contributed by atoms with van der Waals surface area (Å²) in [4.78, 5) is 12.5. The van der Waals surface area contributed by atoms with E-state index >= 15 is 0 Å². The van der Waals surface area contributed by atoms with Crippen molar-refractivity contribution in [3.8, 4) is 17.2 Å². The number of benzene rings is 2. The number of hydrogen-bond acceptors (Lipinski definition) is 4. The maximum absolute atomic E-state index is 14.3. The van der Waals surface area contributed by atoms with Crippen LogP contribution in [0.1, 0.15) is 34.9 Å². The molecule has 1 aliphatic heterocycles. The summed E-state index contributed by atoms with van der Waals surface area (Å²) < 4.78 is 26.9. The zero-order chi connectivity index (χ0) is 20.7. The minimum absolute atomic E-state index is 0.140. The van der Waals surface area contributed by atoms with Gasteiger partial charge in [-0.2, -0.15) is 5.10 Å². The molecule has 2 heterocycles. The van der Waals surface area contributed by atoms with Gasteiger partial charge in [0.05, 0.1) is 25.6 Å². The van der Waals surface area contributed by atoms with Crippen molar-refractivity contribution in [2.75, 3.05) is 19.5 Å². The van der Waals surface area contributed by atoms with E-state index in [9.17, 15) is 9.18 Å². The van der Waals surface area contributed by atoms with Crippen LogP contribution in [0.15, 0.2) is 36.4 Å². The maximum atomic E-state index is 14.3. The van der Waals surface area contributed by atoms with Crippen LogP contribution in [-0.4, -0.2) is 29.9 Å². The molecule has 6 nitrogen and oxygen atoms in total. The van der Waals surface area contributed by atoms with E-state index in [4.69, 9.17) is 9.47 Å². The van der Waals surface area contributed by atoms with Crippen molar-refractivity contribution >= 4 is 11.6 Å². The standard InChI is InChI=1S/C22H22FN3O3/c1-12-7-13(2)26(25-12)19-6-5-14(23)8-17(19)15-10-22(27)24-18-11-21(29-4)20(28-3)9-16(15)18/h5-9,11,15H,10H2,1-4H3,(H,24,27). The lowest BCUT2D eigenvalue weighted by Gasteiger charge is -2.28. The molecular weight excluding hydrogens is 373 g/mol. The van der Waals surface area contributed by atoms with Crippen LogP contribution in [0.2, 0.25) is 0 Å². The molecule has 0 saturated carbocycles. The third-order valence-electron chi connectivity index (χ3n) is 5.20. The third-order valence-corrected chi connectivity index (χ3v) is 5.20. The zero-order valence-corrected chi connectivity index (χ0v) is 16.7. The quantitative estimate of drug-likeness (QED) is 0.722. The minimum Gasteiger partial charge on any atom is -0.493 e. The van der Waals surface area contributed by atoms with E-state index < -0.39 is 0 Å². The lowest BCUT2D eigenvalue weighted by atomic mass is 9.83. The summed E-state index contributed by atoms with van der Waals surface area (Å²) in [5.41, 5.74) is 4.72. The second-order valence-electron chi connectivity index (χ2n) is 7.14. The summed E-state index contributed by atoms with van der Waals surface area (Å²) in [5, 5.41) is 7.44. The predicted molar refractivity (Wildman–Crippen MR) is 108 cm³/mol. The van der Waals surface area contributed by atoms with Gasteiger partial charge in [-0.05, 0) is 55.3 Å². The Morgan fingerprint density at radius 1 is 1.07 bits per heavy atom. The second kappa shape index (κ2) is 7.24. The Bertz CT molecular complexity index is 1110. The monoisotopic (exact) mass is 395 g/mol. The Labute approximate surface area is 168 Å². The van der Waals surface area contributed by atoms with Crippen molar-refractivity contribution in [2.24, 2.45) is 0 Å². The van der Waals surface area contributed by atoms with Crippen molar-refractivity contribution in [3.63, 3.8) is 0 Å². The van der Waals surface area contributed by atoms with Crippen molar-refractivity contribution in [1.82, 2.24) is 9.78 Å². The van der Waals surface area contributed by atoms with E-state index in [-0.39, 0.29) is 24.1 Å². The van der Waals surface area contributed by atoms with E-state index in [1.807, 2.05) is 26.0 Å². The van der Waals surface area contributed by atoms with Crippen molar-refractivity contribution in [2.45, 2.75) is 26.2 Å². The fraction of sp³-hybridized carbons (Fsp3) is 0.273. The van der Waals surface area contributed by atoms with Crippen LogP contribution in [0, 0.1) is 19.7 Å². The van der Waals surface area contributed by atoms with E-state index in [1.165, 1.54) is 12.1 Å². The van der Waals surface area contributed by atoms with E-state index in [0.29, 0.717) is 22.7 Å². The second-order valence-corrected chi connectivity index (χ2v) is 7.14. The maximum Gasteiger partial charge on any atom is 0.225 e. The molecule has 29 heavy (non-hydrogen) atoms. The van der Waals surface area contributed by atoms with Crippen LogP contribution in [-0.2, 0) is 4.79 Å². The normalized spacial score (nSPS) is 15.6. The number of rotatable bonds is 4. The first-order chi connectivity index (χ1) is 13.9. The molecule has 3 aromatic rings. The number of fused-ring (bicyclic) bond motifs is 1. The van der Waals surface area contributed by atoms with E-state index in [0.717, 1.165) is 22.6 Å². The van der Waals surface area contributed by atoms with Gasteiger partial charge in [-0.25, -0.2) is 9.07 Å².